The Kier molecular flexibility index (Phi) is 3.45. The van der Waals surface area contributed by atoms with Crippen LogP contribution in [0.5, 0.6) is 0 Å². The Balaban J connectivity index is 1.34. The van der Waals surface area contributed by atoms with E-state index in [1.807, 2.05) is 0 Å². The predicted molar refractivity (Wildman–Crippen MR) is 79.9 cm³/mol. The summed E-state index contributed by atoms with van der Waals surface area (Å²) in [7, 11) is 0. The third kappa shape index (κ3) is 2.48. The van der Waals surface area contributed by atoms with E-state index in [0.29, 0.717) is 5.91 Å². The van der Waals surface area contributed by atoms with Crippen molar-refractivity contribution in [1.29, 1.82) is 0 Å². The maximum absolute atomic E-state index is 12.7. The molecule has 1 aromatic rings. The molecule has 1 saturated heterocycles. The van der Waals surface area contributed by atoms with Crippen LogP contribution >= 0.6 is 0 Å². The molecule has 5 heteroatoms. The van der Waals surface area contributed by atoms with E-state index in [-0.39, 0.29) is 5.92 Å². The Labute approximate surface area is 125 Å². The summed E-state index contributed by atoms with van der Waals surface area (Å²) in [5.74, 6) is 0.525. The number of H-pyrrole nitrogens is 1. The number of amides is 1. The number of piperazine rings is 1. The molecule has 2 fully saturated rings. The van der Waals surface area contributed by atoms with E-state index < -0.39 is 0 Å². The van der Waals surface area contributed by atoms with Gasteiger partial charge < -0.3 is 9.88 Å². The summed E-state index contributed by atoms with van der Waals surface area (Å²) in [6, 6.07) is 0.810. The number of fused-ring (bicyclic) bond motifs is 1. The number of nitrogens with zero attached hydrogens (tertiary/aromatic N) is 3. The van der Waals surface area contributed by atoms with Crippen LogP contribution in [0.4, 0.5) is 0 Å². The van der Waals surface area contributed by atoms with Crippen LogP contribution in [0.3, 0.4) is 0 Å². The first kappa shape index (κ1) is 13.3. The molecule has 114 valence electrons. The number of aryl methyl sites for hydroxylation is 1. The molecule has 1 aliphatic heterocycles. The molecule has 0 radical (unpaired) electrons. The van der Waals surface area contributed by atoms with Gasteiger partial charge in [-0.05, 0) is 25.7 Å². The number of aromatic amines is 1. The summed E-state index contributed by atoms with van der Waals surface area (Å²) in [5, 5.41) is 0. The van der Waals surface area contributed by atoms with Crippen molar-refractivity contribution in [3.8, 4) is 0 Å². The van der Waals surface area contributed by atoms with Crippen LogP contribution in [0.1, 0.15) is 37.1 Å². The maximum atomic E-state index is 12.7. The fourth-order valence-corrected chi connectivity index (χ4v) is 3.93. The topological polar surface area (TPSA) is 52.2 Å². The lowest BCUT2D eigenvalue weighted by Gasteiger charge is -2.43. The zero-order valence-corrected chi connectivity index (χ0v) is 12.6. The number of hydrogen-bond acceptors (Lipinski definition) is 3. The Morgan fingerprint density at radius 3 is 2.71 bits per heavy atom. The molecule has 5 nitrogen and oxygen atoms in total. The molecular formula is C16H24N4O. The minimum atomic E-state index is 0.160. The van der Waals surface area contributed by atoms with Gasteiger partial charge in [0, 0.05) is 50.3 Å². The van der Waals surface area contributed by atoms with Crippen molar-refractivity contribution in [2.24, 2.45) is 5.92 Å². The van der Waals surface area contributed by atoms with Crippen molar-refractivity contribution < 1.29 is 4.79 Å². The van der Waals surface area contributed by atoms with Crippen molar-refractivity contribution in [2.45, 2.75) is 44.6 Å². The van der Waals surface area contributed by atoms with Gasteiger partial charge in [-0.25, -0.2) is 4.98 Å². The Morgan fingerprint density at radius 1 is 1.19 bits per heavy atom. The standard InChI is InChI=1S/C16H24N4O/c21-16(12-4-5-14-15(10-12)18-11-17-14)20-8-6-19(7-9-20)13-2-1-3-13/h11-13H,1-10H2,(H,17,18). The molecule has 0 bridgehead atoms. The lowest BCUT2D eigenvalue weighted by Crippen LogP contribution is -2.54. The van der Waals surface area contributed by atoms with E-state index in [9.17, 15) is 4.79 Å². The van der Waals surface area contributed by atoms with Gasteiger partial charge in [0.25, 0.3) is 0 Å². The number of rotatable bonds is 2. The minimum absolute atomic E-state index is 0.160. The molecule has 1 amide bonds. The molecule has 1 aromatic heterocycles. The van der Waals surface area contributed by atoms with Gasteiger partial charge >= 0.3 is 0 Å². The van der Waals surface area contributed by atoms with E-state index in [2.05, 4.69) is 19.8 Å². The van der Waals surface area contributed by atoms with Gasteiger partial charge in [0.2, 0.25) is 5.91 Å². The third-order valence-electron chi connectivity index (χ3n) is 5.55. The monoisotopic (exact) mass is 288 g/mol. The highest BCUT2D eigenvalue weighted by Gasteiger charge is 2.33. The summed E-state index contributed by atoms with van der Waals surface area (Å²) < 4.78 is 0. The fraction of sp³-hybridized carbons (Fsp3) is 0.750. The summed E-state index contributed by atoms with van der Waals surface area (Å²) in [6.45, 7) is 3.97. The normalized spacial score (nSPS) is 27.2. The molecule has 0 spiro atoms. The summed E-state index contributed by atoms with van der Waals surface area (Å²) in [4.78, 5) is 24.9. The van der Waals surface area contributed by atoms with Crippen LogP contribution < -0.4 is 0 Å². The highest BCUT2D eigenvalue weighted by molar-refractivity contribution is 5.79. The van der Waals surface area contributed by atoms with Gasteiger partial charge in [-0.1, -0.05) is 6.42 Å². The van der Waals surface area contributed by atoms with Gasteiger partial charge in [-0.2, -0.15) is 0 Å². The number of imidazole rings is 1. The molecule has 0 aromatic carbocycles. The maximum Gasteiger partial charge on any atom is 0.226 e. The van der Waals surface area contributed by atoms with Crippen LogP contribution in [0, 0.1) is 5.92 Å². The van der Waals surface area contributed by atoms with Crippen LogP contribution in [0.15, 0.2) is 6.33 Å². The second-order valence-electron chi connectivity index (χ2n) is 6.71. The number of carbonyl (C=O) groups excluding carboxylic acids is 1. The van der Waals surface area contributed by atoms with Gasteiger partial charge in [-0.3, -0.25) is 9.69 Å². The fourth-order valence-electron chi connectivity index (χ4n) is 3.93. The van der Waals surface area contributed by atoms with Crippen molar-refractivity contribution in [1.82, 2.24) is 19.8 Å². The van der Waals surface area contributed by atoms with Crippen molar-refractivity contribution in [3.63, 3.8) is 0 Å². The van der Waals surface area contributed by atoms with E-state index in [0.717, 1.165) is 57.2 Å². The van der Waals surface area contributed by atoms with Gasteiger partial charge in [-0.15, -0.1) is 0 Å². The van der Waals surface area contributed by atoms with E-state index >= 15 is 0 Å². The second kappa shape index (κ2) is 5.44. The molecule has 1 saturated carbocycles. The average molecular weight is 288 g/mol. The highest BCUT2D eigenvalue weighted by Crippen LogP contribution is 2.27. The highest BCUT2D eigenvalue weighted by atomic mass is 16.2. The number of hydrogen-bond donors (Lipinski definition) is 1. The Morgan fingerprint density at radius 2 is 2.00 bits per heavy atom. The van der Waals surface area contributed by atoms with Crippen molar-refractivity contribution in [2.75, 3.05) is 26.2 Å². The SMILES string of the molecule is O=C(C1CCc2nc[nH]c2C1)N1CCN(C2CCC2)CC1. The van der Waals surface area contributed by atoms with Crippen molar-refractivity contribution in [3.05, 3.63) is 17.7 Å². The zero-order chi connectivity index (χ0) is 14.2. The third-order valence-corrected chi connectivity index (χ3v) is 5.55. The van der Waals surface area contributed by atoms with Crippen molar-refractivity contribution >= 4 is 5.91 Å². The largest absolute Gasteiger partial charge is 0.348 e. The Hall–Kier alpha value is -1.36. The van der Waals surface area contributed by atoms with E-state index in [4.69, 9.17) is 0 Å². The first-order valence-corrected chi connectivity index (χ1v) is 8.35. The Bertz CT molecular complexity index is 514. The van der Waals surface area contributed by atoms with Gasteiger partial charge in [0.15, 0.2) is 0 Å². The summed E-state index contributed by atoms with van der Waals surface area (Å²) in [5.41, 5.74) is 2.33. The molecule has 1 unspecified atom stereocenters. The smallest absolute Gasteiger partial charge is 0.226 e. The van der Waals surface area contributed by atoms with Crippen LogP contribution in [-0.2, 0) is 17.6 Å². The molecular weight excluding hydrogens is 264 g/mol. The predicted octanol–water partition coefficient (Wildman–Crippen LogP) is 1.21. The lowest BCUT2D eigenvalue weighted by atomic mass is 9.88. The quantitative estimate of drug-likeness (QED) is 0.890. The first-order valence-electron chi connectivity index (χ1n) is 8.35. The molecule has 21 heavy (non-hydrogen) atoms. The molecule has 2 aliphatic carbocycles. The first-order chi connectivity index (χ1) is 10.3. The average Bonchev–Trinajstić information content (AvgIpc) is 2.93. The van der Waals surface area contributed by atoms with Gasteiger partial charge in [0.05, 0.1) is 12.0 Å². The lowest BCUT2D eigenvalue weighted by molar-refractivity contribution is -0.138. The van der Waals surface area contributed by atoms with Crippen LogP contribution in [0.25, 0.3) is 0 Å². The molecule has 1 N–H and O–H groups in total. The zero-order valence-electron chi connectivity index (χ0n) is 12.6. The van der Waals surface area contributed by atoms with Crippen LogP contribution in [-0.4, -0.2) is 57.9 Å². The van der Waals surface area contributed by atoms with Gasteiger partial charge in [0.1, 0.15) is 0 Å². The number of aromatic nitrogens is 2. The molecule has 3 aliphatic rings. The summed E-state index contributed by atoms with van der Waals surface area (Å²) >= 11 is 0. The minimum Gasteiger partial charge on any atom is -0.348 e. The van der Waals surface area contributed by atoms with E-state index in [1.54, 1.807) is 6.33 Å². The molecule has 4 rings (SSSR count). The summed E-state index contributed by atoms with van der Waals surface area (Å²) in [6.07, 6.45) is 8.61. The van der Waals surface area contributed by atoms with E-state index in [1.165, 1.54) is 25.0 Å². The number of carbonyl (C=O) groups is 1. The molecule has 1 atom stereocenters. The number of nitrogens with one attached hydrogen (secondary N) is 1. The van der Waals surface area contributed by atoms with Crippen LogP contribution in [0.2, 0.25) is 0 Å². The molecule has 2 heterocycles. The second-order valence-corrected chi connectivity index (χ2v) is 6.71.